The Hall–Kier alpha value is -3.08. The Bertz CT molecular complexity index is 1280. The van der Waals surface area contributed by atoms with Crippen molar-refractivity contribution in [2.75, 3.05) is 20.6 Å². The number of ether oxygens (including phenoxy) is 1. The van der Waals surface area contributed by atoms with Crippen LogP contribution in [0.5, 0.6) is 0 Å². The van der Waals surface area contributed by atoms with Crippen LogP contribution in [-0.4, -0.2) is 30.5 Å². The molecule has 2 heterocycles. The molecule has 0 spiro atoms. The Labute approximate surface area is 194 Å². The molecule has 0 saturated carbocycles. The van der Waals surface area contributed by atoms with Gasteiger partial charge in [-0.3, -0.25) is 4.98 Å². The lowest BCUT2D eigenvalue weighted by molar-refractivity contribution is 0.0420. The molecule has 0 N–H and O–H groups in total. The van der Waals surface area contributed by atoms with Crippen LogP contribution in [0.15, 0.2) is 72.9 Å². The topological polar surface area (TPSA) is 25.4 Å². The van der Waals surface area contributed by atoms with Crippen LogP contribution >= 0.6 is 0 Å². The van der Waals surface area contributed by atoms with Crippen molar-refractivity contribution in [1.29, 1.82) is 0 Å². The van der Waals surface area contributed by atoms with Gasteiger partial charge in [-0.25, -0.2) is 4.39 Å². The first-order valence-corrected chi connectivity index (χ1v) is 11.5. The normalized spacial score (nSPS) is 16.3. The number of fused-ring (bicyclic) bond motifs is 2. The third kappa shape index (κ3) is 4.29. The van der Waals surface area contributed by atoms with Crippen molar-refractivity contribution in [1.82, 2.24) is 9.88 Å². The lowest BCUT2D eigenvalue weighted by Crippen LogP contribution is -2.19. The monoisotopic (exact) mass is 440 g/mol. The second kappa shape index (κ2) is 9.05. The summed E-state index contributed by atoms with van der Waals surface area (Å²) in [5.41, 5.74) is 6.92. The van der Waals surface area contributed by atoms with Gasteiger partial charge in [-0.1, -0.05) is 48.5 Å². The quantitative estimate of drug-likeness (QED) is 0.335. The molecule has 1 aliphatic rings. The van der Waals surface area contributed by atoms with E-state index in [1.807, 2.05) is 18.3 Å². The standard InChI is InChI=1S/C29H29FN2O/c1-19-24-6-4-5-7-27(24)28(17-31-19)21-10-13-25-22(16-21)18-33-29(25)26(14-15-32(2)3)20-8-11-23(30)12-9-20/h4-13,16-17,26,29H,14-15,18H2,1-3H3. The zero-order chi connectivity index (χ0) is 22.9. The van der Waals surface area contributed by atoms with Crippen LogP contribution in [0.3, 0.4) is 0 Å². The molecule has 33 heavy (non-hydrogen) atoms. The smallest absolute Gasteiger partial charge is 0.123 e. The third-order valence-corrected chi connectivity index (χ3v) is 6.72. The molecule has 168 valence electrons. The lowest BCUT2D eigenvalue weighted by Gasteiger charge is -2.26. The van der Waals surface area contributed by atoms with Crippen molar-refractivity contribution in [2.45, 2.75) is 32.0 Å². The molecule has 0 fully saturated rings. The summed E-state index contributed by atoms with van der Waals surface area (Å²) in [6, 6.07) is 22.0. The van der Waals surface area contributed by atoms with Crippen LogP contribution in [0.2, 0.25) is 0 Å². The Balaban J connectivity index is 1.51. The first kappa shape index (κ1) is 21.7. The highest BCUT2D eigenvalue weighted by Gasteiger charge is 2.32. The minimum Gasteiger partial charge on any atom is -0.368 e. The predicted octanol–water partition coefficient (Wildman–Crippen LogP) is 6.66. The third-order valence-electron chi connectivity index (χ3n) is 6.72. The molecular formula is C29H29FN2O. The van der Waals surface area contributed by atoms with Gasteiger partial charge in [0.25, 0.3) is 0 Å². The number of hydrogen-bond donors (Lipinski definition) is 0. The average Bonchev–Trinajstić information content (AvgIpc) is 3.24. The van der Waals surface area contributed by atoms with E-state index in [-0.39, 0.29) is 17.8 Å². The summed E-state index contributed by atoms with van der Waals surface area (Å²) in [6.07, 6.45) is 2.88. The zero-order valence-corrected chi connectivity index (χ0v) is 19.4. The van der Waals surface area contributed by atoms with E-state index in [4.69, 9.17) is 4.74 Å². The Morgan fingerprint density at radius 3 is 2.55 bits per heavy atom. The summed E-state index contributed by atoms with van der Waals surface area (Å²) < 4.78 is 19.9. The largest absolute Gasteiger partial charge is 0.368 e. The average molecular weight is 441 g/mol. The van der Waals surface area contributed by atoms with Crippen LogP contribution in [0.4, 0.5) is 4.39 Å². The molecule has 0 aliphatic carbocycles. The molecule has 3 nitrogen and oxygen atoms in total. The minimum atomic E-state index is -0.207. The highest BCUT2D eigenvalue weighted by molar-refractivity contribution is 5.97. The molecule has 5 rings (SSSR count). The van der Waals surface area contributed by atoms with Crippen LogP contribution in [0, 0.1) is 12.7 Å². The minimum absolute atomic E-state index is 0.0349. The van der Waals surface area contributed by atoms with E-state index >= 15 is 0 Å². The van der Waals surface area contributed by atoms with Crippen LogP contribution in [-0.2, 0) is 11.3 Å². The summed E-state index contributed by atoms with van der Waals surface area (Å²) in [4.78, 5) is 6.83. The van der Waals surface area contributed by atoms with Gasteiger partial charge < -0.3 is 9.64 Å². The van der Waals surface area contributed by atoms with Crippen molar-refractivity contribution >= 4 is 10.8 Å². The van der Waals surface area contributed by atoms with E-state index in [0.29, 0.717) is 6.61 Å². The fourth-order valence-electron chi connectivity index (χ4n) is 4.94. The fraction of sp³-hybridized carbons (Fsp3) is 0.276. The number of nitrogens with zero attached hydrogens (tertiary/aromatic N) is 2. The van der Waals surface area contributed by atoms with Gasteiger partial charge in [0.15, 0.2) is 0 Å². The summed E-state index contributed by atoms with van der Waals surface area (Å²) in [5.74, 6) is -0.0385. The van der Waals surface area contributed by atoms with Gasteiger partial charge >= 0.3 is 0 Å². The van der Waals surface area contributed by atoms with Crippen molar-refractivity contribution in [3.8, 4) is 11.1 Å². The van der Waals surface area contributed by atoms with E-state index in [1.165, 1.54) is 21.9 Å². The first-order chi connectivity index (χ1) is 16.0. The first-order valence-electron chi connectivity index (χ1n) is 11.5. The second-order valence-electron chi connectivity index (χ2n) is 9.20. The van der Waals surface area contributed by atoms with E-state index in [2.05, 4.69) is 73.4 Å². The molecule has 1 aliphatic heterocycles. The van der Waals surface area contributed by atoms with Gasteiger partial charge in [0.1, 0.15) is 5.82 Å². The molecule has 0 bridgehead atoms. The molecule has 2 unspecified atom stereocenters. The molecule has 3 aromatic carbocycles. The number of benzene rings is 3. The maximum absolute atomic E-state index is 13.6. The van der Waals surface area contributed by atoms with Gasteiger partial charge in [0.2, 0.25) is 0 Å². The molecule has 4 heteroatoms. The maximum Gasteiger partial charge on any atom is 0.123 e. The van der Waals surface area contributed by atoms with Crippen molar-refractivity contribution < 1.29 is 9.13 Å². The molecule has 1 aromatic heterocycles. The number of halogens is 1. The SMILES string of the molecule is Cc1ncc(-c2ccc3c(c2)COC3C(CCN(C)C)c2ccc(F)cc2)c2ccccc12. The molecule has 0 saturated heterocycles. The molecule has 2 atom stereocenters. The van der Waals surface area contributed by atoms with E-state index in [1.54, 1.807) is 12.1 Å². The molecule has 0 radical (unpaired) electrons. The van der Waals surface area contributed by atoms with Gasteiger partial charge in [0.05, 0.1) is 12.7 Å². The summed E-state index contributed by atoms with van der Waals surface area (Å²) in [5, 5.41) is 2.40. The van der Waals surface area contributed by atoms with Crippen molar-refractivity contribution in [3.05, 3.63) is 101 Å². The summed E-state index contributed by atoms with van der Waals surface area (Å²) in [6.45, 7) is 3.58. The molecule has 4 aromatic rings. The summed E-state index contributed by atoms with van der Waals surface area (Å²) >= 11 is 0. The lowest BCUT2D eigenvalue weighted by atomic mass is 9.85. The molecule has 0 amide bonds. The van der Waals surface area contributed by atoms with E-state index in [0.717, 1.165) is 35.3 Å². The van der Waals surface area contributed by atoms with Crippen molar-refractivity contribution in [3.63, 3.8) is 0 Å². The van der Waals surface area contributed by atoms with Crippen molar-refractivity contribution in [2.24, 2.45) is 0 Å². The van der Waals surface area contributed by atoms with Gasteiger partial charge in [-0.2, -0.15) is 0 Å². The van der Waals surface area contributed by atoms with Crippen LogP contribution < -0.4 is 0 Å². The Morgan fingerprint density at radius 2 is 1.79 bits per heavy atom. The van der Waals surface area contributed by atoms with Crippen LogP contribution in [0.25, 0.3) is 21.9 Å². The highest BCUT2D eigenvalue weighted by atomic mass is 19.1. The van der Waals surface area contributed by atoms with Gasteiger partial charge in [0, 0.05) is 28.8 Å². The molecular weight excluding hydrogens is 411 g/mol. The number of aromatic nitrogens is 1. The Kier molecular flexibility index (Phi) is 5.96. The predicted molar refractivity (Wildman–Crippen MR) is 132 cm³/mol. The maximum atomic E-state index is 13.6. The highest BCUT2D eigenvalue weighted by Crippen LogP contribution is 2.44. The van der Waals surface area contributed by atoms with Gasteiger partial charge in [-0.05, 0) is 79.8 Å². The van der Waals surface area contributed by atoms with E-state index in [9.17, 15) is 4.39 Å². The number of hydrogen-bond acceptors (Lipinski definition) is 3. The Morgan fingerprint density at radius 1 is 1.03 bits per heavy atom. The number of aryl methyl sites for hydroxylation is 1. The zero-order valence-electron chi connectivity index (χ0n) is 19.4. The number of rotatable bonds is 6. The summed E-state index contributed by atoms with van der Waals surface area (Å²) in [7, 11) is 4.16. The number of pyridine rings is 1. The fourth-order valence-corrected chi connectivity index (χ4v) is 4.94. The van der Waals surface area contributed by atoms with Crippen LogP contribution in [0.1, 0.15) is 40.8 Å². The van der Waals surface area contributed by atoms with Gasteiger partial charge in [-0.15, -0.1) is 0 Å². The van der Waals surface area contributed by atoms with E-state index < -0.39 is 0 Å². The second-order valence-corrected chi connectivity index (χ2v) is 9.20.